The van der Waals surface area contributed by atoms with E-state index in [0.717, 1.165) is 21.5 Å². The van der Waals surface area contributed by atoms with Crippen LogP contribution in [-0.2, 0) is 4.79 Å². The fourth-order valence-corrected chi connectivity index (χ4v) is 5.89. The number of amides is 2. The van der Waals surface area contributed by atoms with Gasteiger partial charge in [0.05, 0.1) is 10.9 Å². The first kappa shape index (κ1) is 26.0. The number of hydrogen-bond donors (Lipinski definition) is 2. The van der Waals surface area contributed by atoms with Crippen LogP contribution in [0.3, 0.4) is 0 Å². The van der Waals surface area contributed by atoms with Gasteiger partial charge in [-0.2, -0.15) is 0 Å². The predicted molar refractivity (Wildman–Crippen MR) is 159 cm³/mol. The molecule has 5 rings (SSSR count). The summed E-state index contributed by atoms with van der Waals surface area (Å²) in [6.07, 6.45) is 0.637. The van der Waals surface area contributed by atoms with Crippen LogP contribution >= 0.6 is 34.7 Å². The monoisotopic (exact) mass is 557 g/mol. The number of anilines is 2. The minimum atomic E-state index is -0.318. The maximum absolute atomic E-state index is 13.1. The SMILES string of the molecule is CCC(Sc1cccc(NC(=O)c2cccc(Cl)c2)c1)C(=O)Nc1nc(-c2ccc3ccccc3c2)cs1. The van der Waals surface area contributed by atoms with Crippen molar-refractivity contribution < 1.29 is 9.59 Å². The molecule has 1 heterocycles. The Bertz CT molecular complexity index is 1620. The lowest BCUT2D eigenvalue weighted by Gasteiger charge is -2.14. The standard InChI is InChI=1S/C30H24ClN3O2S2/c1-2-27(38-25-12-6-11-24(17-25)32-28(35)22-9-5-10-23(31)16-22)29(36)34-30-33-26(18-37-30)21-14-13-19-7-3-4-8-20(19)15-21/h3-18,27H,2H2,1H3,(H,32,35)(H,33,34,36). The highest BCUT2D eigenvalue weighted by molar-refractivity contribution is 8.00. The van der Waals surface area contributed by atoms with E-state index in [1.807, 2.05) is 54.8 Å². The van der Waals surface area contributed by atoms with Gasteiger partial charge in [0.2, 0.25) is 5.91 Å². The molecule has 2 N–H and O–H groups in total. The van der Waals surface area contributed by atoms with E-state index in [1.54, 1.807) is 24.3 Å². The smallest absolute Gasteiger partial charge is 0.255 e. The van der Waals surface area contributed by atoms with Gasteiger partial charge in [-0.3, -0.25) is 9.59 Å². The van der Waals surface area contributed by atoms with Gasteiger partial charge < -0.3 is 10.6 Å². The lowest BCUT2D eigenvalue weighted by molar-refractivity contribution is -0.115. The Labute approximate surface area is 234 Å². The second-order valence-electron chi connectivity index (χ2n) is 8.60. The molecule has 2 amide bonds. The Morgan fingerprint density at radius 1 is 0.921 bits per heavy atom. The van der Waals surface area contributed by atoms with Crippen LogP contribution in [0, 0.1) is 0 Å². The number of carbonyl (C=O) groups excluding carboxylic acids is 2. The molecule has 0 spiro atoms. The maximum Gasteiger partial charge on any atom is 0.255 e. The first-order valence-electron chi connectivity index (χ1n) is 12.1. The predicted octanol–water partition coefficient (Wildman–Crippen LogP) is 8.38. The van der Waals surface area contributed by atoms with E-state index in [2.05, 4.69) is 39.9 Å². The molecule has 1 unspecified atom stereocenters. The minimum absolute atomic E-state index is 0.106. The van der Waals surface area contributed by atoms with Gasteiger partial charge >= 0.3 is 0 Å². The number of hydrogen-bond acceptors (Lipinski definition) is 5. The molecular formula is C30H24ClN3O2S2. The van der Waals surface area contributed by atoms with Crippen molar-refractivity contribution in [2.75, 3.05) is 10.6 Å². The van der Waals surface area contributed by atoms with Crippen LogP contribution in [0.4, 0.5) is 10.8 Å². The molecule has 190 valence electrons. The number of halogens is 1. The van der Waals surface area contributed by atoms with Crippen LogP contribution in [0.2, 0.25) is 5.02 Å². The van der Waals surface area contributed by atoms with Gasteiger partial charge in [0, 0.05) is 32.1 Å². The van der Waals surface area contributed by atoms with Crippen LogP contribution < -0.4 is 10.6 Å². The van der Waals surface area contributed by atoms with Crippen LogP contribution in [0.5, 0.6) is 0 Å². The van der Waals surface area contributed by atoms with Crippen molar-refractivity contribution in [2.45, 2.75) is 23.5 Å². The second-order valence-corrected chi connectivity index (χ2v) is 11.2. The molecule has 0 aliphatic rings. The number of fused-ring (bicyclic) bond motifs is 1. The van der Waals surface area contributed by atoms with E-state index in [9.17, 15) is 9.59 Å². The molecule has 0 radical (unpaired) electrons. The molecule has 5 nitrogen and oxygen atoms in total. The van der Waals surface area contributed by atoms with Gasteiger partial charge in [-0.1, -0.05) is 67.1 Å². The van der Waals surface area contributed by atoms with Crippen molar-refractivity contribution in [3.8, 4) is 11.3 Å². The summed E-state index contributed by atoms with van der Waals surface area (Å²) in [5.74, 6) is -0.351. The topological polar surface area (TPSA) is 71.1 Å². The molecule has 38 heavy (non-hydrogen) atoms. The van der Waals surface area contributed by atoms with Gasteiger partial charge in [-0.05, 0) is 59.7 Å². The molecule has 0 saturated heterocycles. The van der Waals surface area contributed by atoms with Crippen molar-refractivity contribution in [1.82, 2.24) is 4.98 Å². The molecule has 0 aliphatic carbocycles. The lowest BCUT2D eigenvalue weighted by atomic mass is 10.1. The third-order valence-corrected chi connectivity index (χ3v) is 8.25. The fraction of sp³-hybridized carbons (Fsp3) is 0.100. The molecule has 1 aromatic heterocycles. The van der Waals surface area contributed by atoms with Crippen LogP contribution in [0.25, 0.3) is 22.0 Å². The van der Waals surface area contributed by atoms with E-state index >= 15 is 0 Å². The van der Waals surface area contributed by atoms with Gasteiger partial charge in [-0.25, -0.2) is 4.98 Å². The first-order valence-corrected chi connectivity index (χ1v) is 14.2. The van der Waals surface area contributed by atoms with Gasteiger partial charge in [0.1, 0.15) is 0 Å². The summed E-state index contributed by atoms with van der Waals surface area (Å²) in [6.45, 7) is 1.98. The molecule has 0 saturated carbocycles. The summed E-state index contributed by atoms with van der Waals surface area (Å²) < 4.78 is 0. The molecule has 0 aliphatic heterocycles. The third-order valence-electron chi connectivity index (χ3n) is 5.90. The Balaban J connectivity index is 1.23. The number of nitrogens with zero attached hydrogens (tertiary/aromatic N) is 1. The van der Waals surface area contributed by atoms with E-state index in [-0.39, 0.29) is 17.1 Å². The van der Waals surface area contributed by atoms with E-state index in [1.165, 1.54) is 28.5 Å². The number of benzene rings is 4. The molecular weight excluding hydrogens is 534 g/mol. The number of nitrogens with one attached hydrogen (secondary N) is 2. The van der Waals surface area contributed by atoms with Crippen molar-refractivity contribution in [3.05, 3.63) is 107 Å². The summed E-state index contributed by atoms with van der Waals surface area (Å²) >= 11 is 8.87. The Hall–Kier alpha value is -3.65. The van der Waals surface area contributed by atoms with E-state index < -0.39 is 0 Å². The lowest BCUT2D eigenvalue weighted by Crippen LogP contribution is -2.24. The molecule has 5 aromatic rings. The summed E-state index contributed by atoms with van der Waals surface area (Å²) in [6, 6.07) is 28.7. The van der Waals surface area contributed by atoms with Crippen molar-refractivity contribution in [3.63, 3.8) is 0 Å². The fourth-order valence-electron chi connectivity index (χ4n) is 3.96. The summed E-state index contributed by atoms with van der Waals surface area (Å²) in [4.78, 5) is 31.2. The second kappa shape index (κ2) is 11.8. The molecule has 0 fully saturated rings. The molecule has 1 atom stereocenters. The van der Waals surface area contributed by atoms with E-state index in [0.29, 0.717) is 27.8 Å². The largest absolute Gasteiger partial charge is 0.322 e. The third kappa shape index (κ3) is 6.25. The Kier molecular flexibility index (Phi) is 8.08. The molecule has 0 bridgehead atoms. The first-order chi connectivity index (χ1) is 18.5. The number of thioether (sulfide) groups is 1. The van der Waals surface area contributed by atoms with Gasteiger partial charge in [0.15, 0.2) is 5.13 Å². The number of rotatable bonds is 8. The quantitative estimate of drug-likeness (QED) is 0.188. The molecule has 8 heteroatoms. The van der Waals surface area contributed by atoms with Crippen molar-refractivity contribution in [2.24, 2.45) is 0 Å². The minimum Gasteiger partial charge on any atom is -0.322 e. The number of carbonyl (C=O) groups is 2. The zero-order valence-corrected chi connectivity index (χ0v) is 22.9. The van der Waals surface area contributed by atoms with Gasteiger partial charge in [0.25, 0.3) is 5.91 Å². The maximum atomic E-state index is 13.1. The highest BCUT2D eigenvalue weighted by Gasteiger charge is 2.20. The average Bonchev–Trinajstić information content (AvgIpc) is 3.40. The average molecular weight is 558 g/mol. The Morgan fingerprint density at radius 3 is 2.55 bits per heavy atom. The van der Waals surface area contributed by atoms with Crippen LogP contribution in [-0.4, -0.2) is 22.0 Å². The summed E-state index contributed by atoms with van der Waals surface area (Å²) in [7, 11) is 0. The van der Waals surface area contributed by atoms with Gasteiger partial charge in [-0.15, -0.1) is 23.1 Å². The highest BCUT2D eigenvalue weighted by Crippen LogP contribution is 2.31. The normalized spacial score (nSPS) is 11.7. The van der Waals surface area contributed by atoms with Crippen LogP contribution in [0.1, 0.15) is 23.7 Å². The van der Waals surface area contributed by atoms with Crippen molar-refractivity contribution in [1.29, 1.82) is 0 Å². The number of aromatic nitrogens is 1. The van der Waals surface area contributed by atoms with Crippen LogP contribution in [0.15, 0.2) is 101 Å². The Morgan fingerprint density at radius 2 is 1.74 bits per heavy atom. The zero-order valence-electron chi connectivity index (χ0n) is 20.5. The summed E-state index contributed by atoms with van der Waals surface area (Å²) in [5, 5.41) is 10.9. The summed E-state index contributed by atoms with van der Waals surface area (Å²) in [5.41, 5.74) is 2.97. The van der Waals surface area contributed by atoms with E-state index in [4.69, 9.17) is 11.6 Å². The zero-order chi connectivity index (χ0) is 26.5. The number of thiazole rings is 1. The molecule has 4 aromatic carbocycles. The highest BCUT2D eigenvalue weighted by atomic mass is 35.5. The van der Waals surface area contributed by atoms with Crippen molar-refractivity contribution >= 4 is 68.1 Å².